The summed E-state index contributed by atoms with van der Waals surface area (Å²) >= 11 is 0. The first-order chi connectivity index (χ1) is 11.9. The molecule has 3 aromatic rings. The second-order valence-electron chi connectivity index (χ2n) is 6.41. The van der Waals surface area contributed by atoms with Crippen molar-refractivity contribution < 1.29 is 0 Å². The first-order valence-corrected chi connectivity index (χ1v) is 8.21. The van der Waals surface area contributed by atoms with Crippen LogP contribution in [-0.4, -0.2) is 41.1 Å². The maximum absolute atomic E-state index is 12.4. The Kier molecular flexibility index (Phi) is 4.58. The maximum atomic E-state index is 12.4. The largest absolute Gasteiger partial charge is 0.332 e. The van der Waals surface area contributed by atoms with Crippen LogP contribution in [0.4, 0.5) is 0 Å². The third-order valence-electron chi connectivity index (χ3n) is 4.29. The summed E-state index contributed by atoms with van der Waals surface area (Å²) in [5.41, 5.74) is 1.30. The third-order valence-corrected chi connectivity index (χ3v) is 4.29. The lowest BCUT2D eigenvalue weighted by molar-refractivity contribution is 0.441. The lowest BCUT2D eigenvalue weighted by atomic mass is 10.3. The van der Waals surface area contributed by atoms with E-state index >= 15 is 0 Å². The van der Waals surface area contributed by atoms with Gasteiger partial charge in [-0.05, 0) is 19.4 Å². The van der Waals surface area contributed by atoms with Crippen LogP contribution in [0.1, 0.15) is 12.5 Å². The Morgan fingerprint density at radius 2 is 2.00 bits per heavy atom. The van der Waals surface area contributed by atoms with Crippen molar-refractivity contribution in [1.82, 2.24) is 33.8 Å². The molecule has 0 aromatic carbocycles. The Bertz CT molecular complexity index is 1010. The highest BCUT2D eigenvalue weighted by Crippen LogP contribution is 2.05. The summed E-state index contributed by atoms with van der Waals surface area (Å²) in [4.78, 5) is 28.5. The molecule has 3 aromatic heterocycles. The van der Waals surface area contributed by atoms with Gasteiger partial charge in [-0.25, -0.2) is 9.78 Å². The van der Waals surface area contributed by atoms with Gasteiger partial charge in [-0.2, -0.15) is 5.10 Å². The number of hydrogen-bond donors (Lipinski definition) is 1. The van der Waals surface area contributed by atoms with Crippen LogP contribution in [-0.2, 0) is 27.2 Å². The fraction of sp³-hybridized carbons (Fsp3) is 0.500. The van der Waals surface area contributed by atoms with Crippen molar-refractivity contribution in [3.05, 3.63) is 45.1 Å². The molecular formula is C16H23N7O2. The highest BCUT2D eigenvalue weighted by molar-refractivity contribution is 5.69. The van der Waals surface area contributed by atoms with Crippen LogP contribution in [0.25, 0.3) is 11.2 Å². The number of nitrogens with one attached hydrogen (secondary N) is 1. The first kappa shape index (κ1) is 17.2. The van der Waals surface area contributed by atoms with E-state index < -0.39 is 0 Å². The minimum absolute atomic E-state index is 0.237. The quantitative estimate of drug-likeness (QED) is 0.657. The summed E-state index contributed by atoms with van der Waals surface area (Å²) in [6.45, 7) is 6.14. The minimum Gasteiger partial charge on any atom is -0.323 e. The Balaban J connectivity index is 1.70. The van der Waals surface area contributed by atoms with E-state index in [0.29, 0.717) is 24.3 Å². The summed E-state index contributed by atoms with van der Waals surface area (Å²) in [6, 6.07) is 0.237. The minimum atomic E-state index is -0.371. The standard InChI is InChI=1S/C16H23N7O2/c1-11-7-19-23(8-11)9-12(2)17-5-6-22-10-18-14-13(22)15(24)21(4)16(25)20(14)3/h7-8,10,12,17H,5-6,9H2,1-4H3/t12-/m1/s1. The van der Waals surface area contributed by atoms with Gasteiger partial charge in [0, 0.05) is 39.4 Å². The van der Waals surface area contributed by atoms with Crippen LogP contribution in [0, 0.1) is 6.92 Å². The molecule has 0 spiro atoms. The summed E-state index contributed by atoms with van der Waals surface area (Å²) in [6.07, 6.45) is 5.45. The van der Waals surface area contributed by atoms with Crippen molar-refractivity contribution >= 4 is 11.2 Å². The molecule has 3 rings (SSSR count). The van der Waals surface area contributed by atoms with Gasteiger partial charge in [-0.1, -0.05) is 0 Å². The van der Waals surface area contributed by atoms with E-state index in [9.17, 15) is 9.59 Å². The van der Waals surface area contributed by atoms with E-state index in [0.717, 1.165) is 16.7 Å². The first-order valence-electron chi connectivity index (χ1n) is 8.21. The monoisotopic (exact) mass is 345 g/mol. The van der Waals surface area contributed by atoms with Crippen molar-refractivity contribution in [2.45, 2.75) is 33.0 Å². The van der Waals surface area contributed by atoms with Gasteiger partial charge in [0.2, 0.25) is 0 Å². The molecule has 3 heterocycles. The van der Waals surface area contributed by atoms with Crippen LogP contribution in [0.15, 0.2) is 28.3 Å². The Morgan fingerprint density at radius 3 is 2.68 bits per heavy atom. The topological polar surface area (TPSA) is 91.7 Å². The summed E-state index contributed by atoms with van der Waals surface area (Å²) in [5, 5.41) is 7.70. The SMILES string of the molecule is Cc1cnn(C[C@@H](C)NCCn2cnc3c2c(=O)n(C)c(=O)n3C)c1. The third kappa shape index (κ3) is 3.27. The van der Waals surface area contributed by atoms with Gasteiger partial charge in [0.15, 0.2) is 11.2 Å². The smallest absolute Gasteiger partial charge is 0.323 e. The van der Waals surface area contributed by atoms with E-state index in [2.05, 4.69) is 22.3 Å². The van der Waals surface area contributed by atoms with Crippen LogP contribution < -0.4 is 16.6 Å². The van der Waals surface area contributed by atoms with Crippen molar-refractivity contribution in [3.63, 3.8) is 0 Å². The van der Waals surface area contributed by atoms with Gasteiger partial charge >= 0.3 is 5.69 Å². The van der Waals surface area contributed by atoms with Gasteiger partial charge in [-0.3, -0.25) is 18.6 Å². The molecular weight excluding hydrogens is 322 g/mol. The Hall–Kier alpha value is -2.68. The zero-order chi connectivity index (χ0) is 18.1. The Labute approximate surface area is 144 Å². The predicted molar refractivity (Wildman–Crippen MR) is 94.6 cm³/mol. The second kappa shape index (κ2) is 6.67. The van der Waals surface area contributed by atoms with Crippen molar-refractivity contribution in [3.8, 4) is 0 Å². The van der Waals surface area contributed by atoms with Crippen molar-refractivity contribution in [1.29, 1.82) is 0 Å². The molecule has 0 saturated carbocycles. The average Bonchev–Trinajstić information content (AvgIpc) is 3.17. The van der Waals surface area contributed by atoms with Gasteiger partial charge in [0.25, 0.3) is 5.56 Å². The number of aryl methyl sites for hydroxylation is 2. The van der Waals surface area contributed by atoms with Crippen LogP contribution >= 0.6 is 0 Å². The fourth-order valence-electron chi connectivity index (χ4n) is 2.91. The fourth-order valence-corrected chi connectivity index (χ4v) is 2.91. The normalized spacial score (nSPS) is 12.8. The molecule has 0 unspecified atom stereocenters. The number of aromatic nitrogens is 6. The van der Waals surface area contributed by atoms with Crippen LogP contribution in [0.2, 0.25) is 0 Å². The number of rotatable bonds is 6. The molecule has 0 aliphatic rings. The van der Waals surface area contributed by atoms with E-state index in [1.165, 1.54) is 11.6 Å². The number of hydrogen-bond acceptors (Lipinski definition) is 5. The van der Waals surface area contributed by atoms with Crippen molar-refractivity contribution in [2.24, 2.45) is 14.1 Å². The molecule has 0 saturated heterocycles. The summed E-state index contributed by atoms with van der Waals surface area (Å²) in [7, 11) is 3.10. The number of fused-ring (bicyclic) bond motifs is 1. The molecule has 1 N–H and O–H groups in total. The molecule has 9 heteroatoms. The lowest BCUT2D eigenvalue weighted by Gasteiger charge is -2.14. The second-order valence-corrected chi connectivity index (χ2v) is 6.41. The predicted octanol–water partition coefficient (Wildman–Crippen LogP) is -0.383. The molecule has 0 fully saturated rings. The molecule has 25 heavy (non-hydrogen) atoms. The molecule has 9 nitrogen and oxygen atoms in total. The van der Waals surface area contributed by atoms with E-state index in [1.807, 2.05) is 24.0 Å². The van der Waals surface area contributed by atoms with Crippen LogP contribution in [0.3, 0.4) is 0 Å². The van der Waals surface area contributed by atoms with E-state index in [1.54, 1.807) is 17.9 Å². The summed E-state index contributed by atoms with van der Waals surface area (Å²) < 4.78 is 6.19. The van der Waals surface area contributed by atoms with Gasteiger partial charge in [0.05, 0.1) is 19.1 Å². The molecule has 0 bridgehead atoms. The molecule has 0 amide bonds. The highest BCUT2D eigenvalue weighted by Gasteiger charge is 2.14. The number of nitrogens with zero attached hydrogens (tertiary/aromatic N) is 6. The molecule has 0 aliphatic heterocycles. The highest BCUT2D eigenvalue weighted by atomic mass is 16.2. The zero-order valence-corrected chi connectivity index (χ0v) is 14.9. The van der Waals surface area contributed by atoms with Gasteiger partial charge in [-0.15, -0.1) is 0 Å². The summed E-state index contributed by atoms with van der Waals surface area (Å²) in [5.74, 6) is 0. The lowest BCUT2D eigenvalue weighted by Crippen LogP contribution is -2.38. The molecule has 0 radical (unpaired) electrons. The van der Waals surface area contributed by atoms with E-state index in [4.69, 9.17) is 0 Å². The molecule has 0 aliphatic carbocycles. The number of imidazole rings is 1. The van der Waals surface area contributed by atoms with Crippen molar-refractivity contribution in [2.75, 3.05) is 6.54 Å². The maximum Gasteiger partial charge on any atom is 0.332 e. The van der Waals surface area contributed by atoms with Gasteiger partial charge in [0.1, 0.15) is 0 Å². The molecule has 134 valence electrons. The van der Waals surface area contributed by atoms with Crippen LogP contribution in [0.5, 0.6) is 0 Å². The zero-order valence-electron chi connectivity index (χ0n) is 14.9. The average molecular weight is 345 g/mol. The molecule has 1 atom stereocenters. The van der Waals surface area contributed by atoms with Gasteiger partial charge < -0.3 is 9.88 Å². The van der Waals surface area contributed by atoms with E-state index in [-0.39, 0.29) is 17.3 Å². The Morgan fingerprint density at radius 1 is 1.24 bits per heavy atom.